The molecule has 2 aromatic carbocycles. The van der Waals surface area contributed by atoms with Crippen molar-refractivity contribution in [3.05, 3.63) is 64.2 Å². The molecular formula is C14H11NO4S. The van der Waals surface area contributed by atoms with E-state index in [9.17, 15) is 10.1 Å². The van der Waals surface area contributed by atoms with Crippen LogP contribution in [0.2, 0.25) is 0 Å². The van der Waals surface area contributed by atoms with Crippen molar-refractivity contribution < 1.29 is 14.4 Å². The summed E-state index contributed by atoms with van der Waals surface area (Å²) in [5, 5.41) is 10.8. The van der Waals surface area contributed by atoms with Gasteiger partial charge in [-0.1, -0.05) is 0 Å². The van der Waals surface area contributed by atoms with Gasteiger partial charge in [0.2, 0.25) is 0 Å². The second kappa shape index (κ2) is 6.12. The average Bonchev–Trinajstić information content (AvgIpc) is 2.48. The Bertz CT molecular complexity index is 623. The third kappa shape index (κ3) is 3.30. The molecule has 0 aliphatic heterocycles. The summed E-state index contributed by atoms with van der Waals surface area (Å²) < 4.78 is 10.5. The highest BCUT2D eigenvalue weighted by atomic mass is 32.1. The molecule has 0 radical (unpaired) electrons. The highest BCUT2D eigenvalue weighted by Crippen LogP contribution is 2.19. The minimum Gasteiger partial charge on any atom is -0.497 e. The van der Waals surface area contributed by atoms with Gasteiger partial charge in [-0.3, -0.25) is 10.1 Å². The fourth-order valence-electron chi connectivity index (χ4n) is 1.53. The van der Waals surface area contributed by atoms with Gasteiger partial charge in [-0.2, -0.15) is 0 Å². The monoisotopic (exact) mass is 289 g/mol. The third-order valence-electron chi connectivity index (χ3n) is 2.58. The summed E-state index contributed by atoms with van der Waals surface area (Å²) in [6.07, 6.45) is 0. The summed E-state index contributed by atoms with van der Waals surface area (Å²) in [5.74, 6) is 1.18. The van der Waals surface area contributed by atoms with Crippen molar-refractivity contribution in [2.45, 2.75) is 0 Å². The fraction of sp³-hybridized carbons (Fsp3) is 0.0714. The van der Waals surface area contributed by atoms with E-state index in [1.807, 2.05) is 0 Å². The Morgan fingerprint density at radius 1 is 1.05 bits per heavy atom. The molecule has 2 rings (SSSR count). The first-order chi connectivity index (χ1) is 9.60. The Labute approximate surface area is 120 Å². The maximum atomic E-state index is 10.5. The van der Waals surface area contributed by atoms with Gasteiger partial charge in [0, 0.05) is 17.7 Å². The van der Waals surface area contributed by atoms with Gasteiger partial charge >= 0.3 is 0 Å². The van der Waals surface area contributed by atoms with Gasteiger partial charge in [-0.15, -0.1) is 0 Å². The standard InChI is InChI=1S/C14H11NO4S/c1-18-12-6-2-10(3-7-12)14(20)19-13-8-4-11(5-9-13)15(16)17/h2-9H,1H3. The van der Waals surface area contributed by atoms with Crippen molar-refractivity contribution >= 4 is 23.0 Å². The average molecular weight is 289 g/mol. The van der Waals surface area contributed by atoms with E-state index in [-0.39, 0.29) is 5.69 Å². The highest BCUT2D eigenvalue weighted by molar-refractivity contribution is 7.80. The number of hydrogen-bond donors (Lipinski definition) is 0. The van der Waals surface area contributed by atoms with Crippen molar-refractivity contribution in [3.63, 3.8) is 0 Å². The van der Waals surface area contributed by atoms with E-state index in [2.05, 4.69) is 0 Å². The molecule has 0 spiro atoms. The summed E-state index contributed by atoms with van der Waals surface area (Å²) in [4.78, 5) is 10.1. The molecule has 0 bridgehead atoms. The summed E-state index contributed by atoms with van der Waals surface area (Å²) in [5.41, 5.74) is 0.742. The summed E-state index contributed by atoms with van der Waals surface area (Å²) in [7, 11) is 1.58. The molecule has 0 amide bonds. The van der Waals surface area contributed by atoms with Crippen LogP contribution in [-0.2, 0) is 0 Å². The van der Waals surface area contributed by atoms with Crippen LogP contribution < -0.4 is 9.47 Å². The maximum Gasteiger partial charge on any atom is 0.269 e. The lowest BCUT2D eigenvalue weighted by Gasteiger charge is -2.07. The number of non-ortho nitro benzene ring substituents is 1. The van der Waals surface area contributed by atoms with Gasteiger partial charge in [0.1, 0.15) is 11.5 Å². The second-order valence-corrected chi connectivity index (χ2v) is 4.24. The first-order valence-corrected chi connectivity index (χ1v) is 6.11. The molecule has 0 saturated heterocycles. The van der Waals surface area contributed by atoms with E-state index < -0.39 is 4.92 Å². The molecule has 6 heteroatoms. The van der Waals surface area contributed by atoms with Crippen molar-refractivity contribution in [1.29, 1.82) is 0 Å². The molecule has 0 aliphatic rings. The SMILES string of the molecule is COc1ccc(C(=S)Oc2ccc([N+](=O)[O-])cc2)cc1. The zero-order valence-electron chi connectivity index (χ0n) is 10.6. The lowest BCUT2D eigenvalue weighted by Crippen LogP contribution is -2.06. The van der Waals surface area contributed by atoms with Gasteiger partial charge in [0.15, 0.2) is 5.05 Å². The maximum absolute atomic E-state index is 10.5. The lowest BCUT2D eigenvalue weighted by atomic mass is 10.2. The molecule has 0 heterocycles. The minimum absolute atomic E-state index is 0.00714. The van der Waals surface area contributed by atoms with Crippen LogP contribution in [0.4, 0.5) is 5.69 Å². The van der Waals surface area contributed by atoms with Gasteiger partial charge in [-0.25, -0.2) is 0 Å². The summed E-state index contributed by atoms with van der Waals surface area (Å²) in [6, 6.07) is 12.9. The normalized spacial score (nSPS) is 9.85. The number of nitro groups is 1. The minimum atomic E-state index is -0.467. The third-order valence-corrected chi connectivity index (χ3v) is 2.90. The van der Waals surface area contributed by atoms with Gasteiger partial charge < -0.3 is 9.47 Å². The van der Waals surface area contributed by atoms with Crippen molar-refractivity contribution in [1.82, 2.24) is 0 Å². The molecule has 0 aromatic heterocycles. The van der Waals surface area contributed by atoms with E-state index in [1.54, 1.807) is 31.4 Å². The molecule has 20 heavy (non-hydrogen) atoms. The van der Waals surface area contributed by atoms with Crippen LogP contribution in [0.3, 0.4) is 0 Å². The Morgan fingerprint density at radius 3 is 2.10 bits per heavy atom. The summed E-state index contributed by atoms with van der Waals surface area (Å²) in [6.45, 7) is 0. The Kier molecular flexibility index (Phi) is 4.27. The van der Waals surface area contributed by atoms with Crippen molar-refractivity contribution in [2.75, 3.05) is 7.11 Å². The first-order valence-electron chi connectivity index (χ1n) is 5.71. The number of benzene rings is 2. The number of rotatable bonds is 4. The number of ether oxygens (including phenoxy) is 2. The fourth-order valence-corrected chi connectivity index (χ4v) is 1.76. The van der Waals surface area contributed by atoms with Crippen LogP contribution in [0.1, 0.15) is 5.56 Å². The number of hydrogen-bond acceptors (Lipinski definition) is 5. The quantitative estimate of drug-likeness (QED) is 0.490. The lowest BCUT2D eigenvalue weighted by molar-refractivity contribution is -0.384. The summed E-state index contributed by atoms with van der Waals surface area (Å²) >= 11 is 5.17. The van der Waals surface area contributed by atoms with E-state index in [0.717, 1.165) is 11.3 Å². The molecule has 0 saturated carbocycles. The van der Waals surface area contributed by atoms with Crippen LogP contribution in [-0.4, -0.2) is 17.1 Å². The largest absolute Gasteiger partial charge is 0.497 e. The van der Waals surface area contributed by atoms with Crippen molar-refractivity contribution in [3.8, 4) is 11.5 Å². The predicted octanol–water partition coefficient (Wildman–Crippen LogP) is 3.36. The predicted molar refractivity (Wildman–Crippen MR) is 78.4 cm³/mol. The second-order valence-electron chi connectivity index (χ2n) is 3.87. The van der Waals surface area contributed by atoms with Crippen LogP contribution >= 0.6 is 12.2 Å². The van der Waals surface area contributed by atoms with Gasteiger partial charge in [-0.05, 0) is 48.6 Å². The highest BCUT2D eigenvalue weighted by Gasteiger charge is 2.07. The van der Waals surface area contributed by atoms with E-state index >= 15 is 0 Å². The number of nitro benzene ring substituents is 1. The van der Waals surface area contributed by atoms with Crippen LogP contribution in [0.25, 0.3) is 0 Å². The number of methoxy groups -OCH3 is 1. The Balaban J connectivity index is 2.08. The Hall–Kier alpha value is -2.47. The van der Waals surface area contributed by atoms with Crippen LogP contribution in [0, 0.1) is 10.1 Å². The first kappa shape index (κ1) is 14.0. The molecule has 0 N–H and O–H groups in total. The topological polar surface area (TPSA) is 61.6 Å². The van der Waals surface area contributed by atoms with Gasteiger partial charge in [0.25, 0.3) is 5.69 Å². The van der Waals surface area contributed by atoms with E-state index in [4.69, 9.17) is 21.7 Å². The van der Waals surface area contributed by atoms with Crippen LogP contribution in [0.5, 0.6) is 11.5 Å². The van der Waals surface area contributed by atoms with E-state index in [0.29, 0.717) is 10.8 Å². The van der Waals surface area contributed by atoms with Crippen LogP contribution in [0.15, 0.2) is 48.5 Å². The molecule has 0 atom stereocenters. The zero-order chi connectivity index (χ0) is 14.5. The van der Waals surface area contributed by atoms with Gasteiger partial charge in [0.05, 0.1) is 12.0 Å². The zero-order valence-corrected chi connectivity index (χ0v) is 11.4. The van der Waals surface area contributed by atoms with Crippen molar-refractivity contribution in [2.24, 2.45) is 0 Å². The number of nitrogens with zero attached hydrogens (tertiary/aromatic N) is 1. The molecule has 0 aliphatic carbocycles. The molecule has 0 fully saturated rings. The Morgan fingerprint density at radius 2 is 1.60 bits per heavy atom. The molecular weight excluding hydrogens is 278 g/mol. The molecule has 5 nitrogen and oxygen atoms in total. The molecule has 102 valence electrons. The molecule has 2 aromatic rings. The number of thiocarbonyl (C=S) groups is 1. The molecule has 0 unspecified atom stereocenters. The smallest absolute Gasteiger partial charge is 0.269 e. The van der Waals surface area contributed by atoms with E-state index in [1.165, 1.54) is 24.3 Å².